The fraction of sp³-hybridized carbons (Fsp3) is 0.0833. The molecule has 126 valence electrons. The van der Waals surface area contributed by atoms with Crippen LogP contribution in [0.25, 0.3) is 28.1 Å². The fourth-order valence-electron chi connectivity index (χ4n) is 4.87. The van der Waals surface area contributed by atoms with Gasteiger partial charge in [0.05, 0.1) is 27.6 Å². The van der Waals surface area contributed by atoms with Crippen LogP contribution in [0.5, 0.6) is 0 Å². The molecule has 3 heterocycles. The van der Waals surface area contributed by atoms with Crippen LogP contribution >= 0.6 is 0 Å². The first-order valence-electron chi connectivity index (χ1n) is 9.43. The molecule has 0 saturated heterocycles. The molecule has 0 atom stereocenters. The number of aromatic nitrogens is 1. The minimum atomic E-state index is 1.04. The Morgan fingerprint density at radius 3 is 2.81 bits per heavy atom. The average molecular weight is 345 g/mol. The van der Waals surface area contributed by atoms with Crippen molar-refractivity contribution in [3.8, 4) is 11.1 Å². The molecule has 1 N–H and O–H groups in total. The number of hydrogen-bond acceptors (Lipinski definition) is 2. The van der Waals surface area contributed by atoms with Gasteiger partial charge in [-0.05, 0) is 36.6 Å². The summed E-state index contributed by atoms with van der Waals surface area (Å²) < 4.78 is 0. The van der Waals surface area contributed by atoms with E-state index in [1.54, 1.807) is 0 Å². The van der Waals surface area contributed by atoms with Crippen molar-refractivity contribution >= 4 is 28.4 Å². The van der Waals surface area contributed by atoms with Gasteiger partial charge in [-0.25, -0.2) is 9.98 Å². The van der Waals surface area contributed by atoms with Gasteiger partial charge in [-0.1, -0.05) is 42.5 Å². The van der Waals surface area contributed by atoms with Crippen LogP contribution < -0.4 is 10.7 Å². The molecule has 7 rings (SSSR count). The molecular formula is C24H15N3. The molecule has 3 heteroatoms. The molecule has 0 radical (unpaired) electrons. The maximum absolute atomic E-state index is 5.07. The highest BCUT2D eigenvalue weighted by molar-refractivity contribution is 6.07. The van der Waals surface area contributed by atoms with E-state index in [0.717, 1.165) is 40.4 Å². The average Bonchev–Trinajstić information content (AvgIpc) is 3.38. The highest BCUT2D eigenvalue weighted by atomic mass is 14.8. The summed E-state index contributed by atoms with van der Waals surface area (Å²) in [6.07, 6.45) is 6.62. The van der Waals surface area contributed by atoms with Crippen LogP contribution in [-0.4, -0.2) is 4.98 Å². The number of rotatable bonds is 0. The predicted octanol–water partition coefficient (Wildman–Crippen LogP) is 4.61. The van der Waals surface area contributed by atoms with Crippen molar-refractivity contribution in [3.63, 3.8) is 0 Å². The SMILES string of the molecule is C1=Cc2[nH]c3c4c(c5c(c3c2CC1)-c1ccccc1N=5)=c1ccccc1=N4. The molecule has 2 aliphatic heterocycles. The summed E-state index contributed by atoms with van der Waals surface area (Å²) in [6.45, 7) is 0. The van der Waals surface area contributed by atoms with Crippen LogP contribution in [0.1, 0.15) is 17.7 Å². The Hall–Kier alpha value is -3.46. The second kappa shape index (κ2) is 4.63. The van der Waals surface area contributed by atoms with E-state index in [9.17, 15) is 0 Å². The number of nitrogens with one attached hydrogen (secondary N) is 1. The number of fused-ring (bicyclic) bond motifs is 11. The molecular weight excluding hydrogens is 330 g/mol. The topological polar surface area (TPSA) is 40.5 Å². The van der Waals surface area contributed by atoms with E-state index < -0.39 is 0 Å². The number of para-hydroxylation sites is 2. The predicted molar refractivity (Wildman–Crippen MR) is 107 cm³/mol. The van der Waals surface area contributed by atoms with E-state index in [-0.39, 0.29) is 0 Å². The standard InChI is InChI=1S/C24H15N3/c1-4-10-16-13(7-1)19-20-14-8-2-5-11-17(14)26-23(20)24-21(22(19)25-16)15-9-3-6-12-18(15)27-24/h1,3-7,9-12,26H,2,8H2. The summed E-state index contributed by atoms with van der Waals surface area (Å²) in [5, 5.41) is 5.80. The molecule has 1 aliphatic carbocycles. The smallest absolute Gasteiger partial charge is 0.0979 e. The van der Waals surface area contributed by atoms with Crippen molar-refractivity contribution in [1.29, 1.82) is 0 Å². The Kier molecular flexibility index (Phi) is 2.35. The molecule has 0 amide bonds. The van der Waals surface area contributed by atoms with Crippen molar-refractivity contribution in [1.82, 2.24) is 4.98 Å². The molecule has 0 bridgehead atoms. The van der Waals surface area contributed by atoms with E-state index in [2.05, 4.69) is 65.7 Å². The number of nitrogens with zero attached hydrogens (tertiary/aromatic N) is 2. The maximum atomic E-state index is 5.07. The van der Waals surface area contributed by atoms with Crippen LogP contribution in [-0.2, 0) is 6.42 Å². The zero-order valence-corrected chi connectivity index (χ0v) is 14.6. The quantitative estimate of drug-likeness (QED) is 0.418. The lowest BCUT2D eigenvalue weighted by Gasteiger charge is -2.08. The first-order chi connectivity index (χ1) is 13.4. The van der Waals surface area contributed by atoms with Gasteiger partial charge >= 0.3 is 0 Å². The van der Waals surface area contributed by atoms with Gasteiger partial charge in [-0.2, -0.15) is 0 Å². The Morgan fingerprint density at radius 2 is 1.81 bits per heavy atom. The largest absolute Gasteiger partial charge is 0.353 e. The van der Waals surface area contributed by atoms with Crippen molar-refractivity contribution in [3.05, 3.63) is 87.0 Å². The van der Waals surface area contributed by atoms with Gasteiger partial charge < -0.3 is 4.98 Å². The molecule has 0 spiro atoms. The van der Waals surface area contributed by atoms with Gasteiger partial charge in [0.15, 0.2) is 0 Å². The van der Waals surface area contributed by atoms with Gasteiger partial charge in [0.25, 0.3) is 0 Å². The Morgan fingerprint density at radius 1 is 0.926 bits per heavy atom. The van der Waals surface area contributed by atoms with Gasteiger partial charge in [0.1, 0.15) is 0 Å². The van der Waals surface area contributed by atoms with Crippen LogP contribution in [0.3, 0.4) is 0 Å². The molecule has 0 saturated carbocycles. The highest BCUT2D eigenvalue weighted by Gasteiger charge is 2.26. The molecule has 1 aromatic heterocycles. The van der Waals surface area contributed by atoms with E-state index >= 15 is 0 Å². The first kappa shape index (κ1) is 13.7. The minimum Gasteiger partial charge on any atom is -0.353 e. The number of H-pyrrole nitrogens is 1. The van der Waals surface area contributed by atoms with Gasteiger partial charge in [0, 0.05) is 32.6 Å². The third-order valence-corrected chi connectivity index (χ3v) is 5.99. The third kappa shape index (κ3) is 1.58. The summed E-state index contributed by atoms with van der Waals surface area (Å²) in [7, 11) is 0. The molecule has 3 aromatic carbocycles. The Balaban J connectivity index is 1.85. The Labute approximate surface area is 154 Å². The summed E-state index contributed by atoms with van der Waals surface area (Å²) in [4.78, 5) is 13.8. The Bertz CT molecular complexity index is 1570. The summed E-state index contributed by atoms with van der Waals surface area (Å²) in [5.41, 5.74) is 8.41. The number of aryl methyl sites for hydroxylation is 1. The van der Waals surface area contributed by atoms with Crippen LogP contribution in [0.4, 0.5) is 11.4 Å². The molecule has 0 unspecified atom stereocenters. The van der Waals surface area contributed by atoms with Crippen molar-refractivity contribution in [2.75, 3.05) is 0 Å². The summed E-state index contributed by atoms with van der Waals surface area (Å²) in [5.74, 6) is 0. The minimum absolute atomic E-state index is 1.04. The number of allylic oxidation sites excluding steroid dienone is 1. The molecule has 27 heavy (non-hydrogen) atoms. The van der Waals surface area contributed by atoms with Crippen LogP contribution in [0.2, 0.25) is 0 Å². The van der Waals surface area contributed by atoms with Crippen molar-refractivity contribution in [2.45, 2.75) is 12.8 Å². The van der Waals surface area contributed by atoms with Gasteiger partial charge in [-0.3, -0.25) is 0 Å². The lowest BCUT2D eigenvalue weighted by Crippen LogP contribution is -2.07. The zero-order chi connectivity index (χ0) is 17.5. The van der Waals surface area contributed by atoms with E-state index in [1.165, 1.54) is 38.2 Å². The van der Waals surface area contributed by atoms with E-state index in [4.69, 9.17) is 9.98 Å². The molecule has 3 nitrogen and oxygen atoms in total. The van der Waals surface area contributed by atoms with Gasteiger partial charge in [-0.15, -0.1) is 0 Å². The van der Waals surface area contributed by atoms with E-state index in [0.29, 0.717) is 0 Å². The normalized spacial score (nSPS) is 14.8. The maximum Gasteiger partial charge on any atom is 0.0979 e. The second-order valence-corrected chi connectivity index (χ2v) is 7.41. The number of hydrogen-bond donors (Lipinski definition) is 1. The van der Waals surface area contributed by atoms with Crippen LogP contribution in [0.15, 0.2) is 64.6 Å². The second-order valence-electron chi connectivity index (χ2n) is 7.41. The molecule has 4 aromatic rings. The van der Waals surface area contributed by atoms with E-state index in [1.807, 2.05) is 0 Å². The van der Waals surface area contributed by atoms with Gasteiger partial charge in [0.2, 0.25) is 0 Å². The summed E-state index contributed by atoms with van der Waals surface area (Å²) >= 11 is 0. The van der Waals surface area contributed by atoms with Crippen LogP contribution in [0, 0.1) is 10.4 Å². The fourth-order valence-corrected chi connectivity index (χ4v) is 4.87. The zero-order valence-electron chi connectivity index (χ0n) is 14.6. The van der Waals surface area contributed by atoms with Crippen molar-refractivity contribution in [2.24, 2.45) is 9.98 Å². The first-order valence-corrected chi connectivity index (χ1v) is 9.43. The van der Waals surface area contributed by atoms with Crippen molar-refractivity contribution < 1.29 is 0 Å². The highest BCUT2D eigenvalue weighted by Crippen LogP contribution is 2.43. The third-order valence-electron chi connectivity index (χ3n) is 5.99. The number of benzene rings is 3. The molecule has 3 aliphatic rings. The number of aromatic amines is 1. The lowest BCUT2D eigenvalue weighted by molar-refractivity contribution is 0.992. The lowest BCUT2D eigenvalue weighted by atomic mass is 9.93. The molecule has 0 fully saturated rings. The summed E-state index contributed by atoms with van der Waals surface area (Å²) in [6, 6.07) is 16.9. The monoisotopic (exact) mass is 345 g/mol.